The first-order valence-electron chi connectivity index (χ1n) is 4.19. The van der Waals surface area contributed by atoms with Gasteiger partial charge in [0, 0.05) is 0 Å². The van der Waals surface area contributed by atoms with Crippen molar-refractivity contribution in [3.63, 3.8) is 0 Å². The van der Waals surface area contributed by atoms with Gasteiger partial charge in [0.1, 0.15) is 0 Å². The third-order valence-electron chi connectivity index (χ3n) is 1.67. The van der Waals surface area contributed by atoms with E-state index in [1.165, 1.54) is 12.0 Å². The van der Waals surface area contributed by atoms with Crippen LogP contribution in [0.2, 0.25) is 0 Å². The summed E-state index contributed by atoms with van der Waals surface area (Å²) in [7, 11) is 0. The first-order valence-corrected chi connectivity index (χ1v) is 4.19. The van der Waals surface area contributed by atoms with E-state index < -0.39 is 0 Å². The molecule has 0 heteroatoms. The zero-order chi connectivity index (χ0) is 8.53. The highest BCUT2D eigenvalue weighted by molar-refractivity contribution is 4.98. The topological polar surface area (TPSA) is 0 Å². The van der Waals surface area contributed by atoms with E-state index in [0.29, 0.717) is 0 Å². The van der Waals surface area contributed by atoms with Crippen LogP contribution in [0.25, 0.3) is 0 Å². The average molecular weight is 150 g/mol. The summed E-state index contributed by atoms with van der Waals surface area (Å²) in [5.74, 6) is 0. The predicted octanol–water partition coefficient (Wildman–Crippen LogP) is 3.87. The van der Waals surface area contributed by atoms with Crippen molar-refractivity contribution in [2.45, 2.75) is 33.1 Å². The fourth-order valence-corrected chi connectivity index (χ4v) is 0.766. The van der Waals surface area contributed by atoms with Crippen molar-refractivity contribution < 1.29 is 0 Å². The molecule has 0 aliphatic rings. The number of allylic oxidation sites excluding steroid dienone is 5. The standard InChI is InChI=1S/C11H18/c1-4-6-7-8-9-10-11(3)5-2/h4-5,7-8H,1,6,9-10H2,2-3H3/b8-7+,11-5+. The van der Waals surface area contributed by atoms with Gasteiger partial charge >= 0.3 is 0 Å². The maximum Gasteiger partial charge on any atom is -0.0172 e. The van der Waals surface area contributed by atoms with Gasteiger partial charge in [0.2, 0.25) is 0 Å². The summed E-state index contributed by atoms with van der Waals surface area (Å²) in [5, 5.41) is 0. The molecule has 0 rings (SSSR count). The van der Waals surface area contributed by atoms with Crippen molar-refractivity contribution in [2.24, 2.45) is 0 Å². The summed E-state index contributed by atoms with van der Waals surface area (Å²) in [6.07, 6.45) is 11.8. The summed E-state index contributed by atoms with van der Waals surface area (Å²) in [4.78, 5) is 0. The van der Waals surface area contributed by atoms with E-state index >= 15 is 0 Å². The van der Waals surface area contributed by atoms with E-state index in [-0.39, 0.29) is 0 Å². The molecule has 0 amide bonds. The van der Waals surface area contributed by atoms with E-state index in [1.54, 1.807) is 0 Å². The molecule has 0 aliphatic carbocycles. The first kappa shape index (κ1) is 10.2. The predicted molar refractivity (Wildman–Crippen MR) is 52.6 cm³/mol. The van der Waals surface area contributed by atoms with Crippen molar-refractivity contribution in [1.82, 2.24) is 0 Å². The zero-order valence-corrected chi connectivity index (χ0v) is 7.64. The van der Waals surface area contributed by atoms with E-state index in [1.807, 2.05) is 6.08 Å². The van der Waals surface area contributed by atoms with E-state index in [2.05, 4.69) is 38.7 Å². The first-order chi connectivity index (χ1) is 5.31. The maximum atomic E-state index is 3.65. The van der Waals surface area contributed by atoms with Gasteiger partial charge in [0.15, 0.2) is 0 Å². The Morgan fingerprint density at radius 1 is 1.36 bits per heavy atom. The summed E-state index contributed by atoms with van der Waals surface area (Å²) >= 11 is 0. The van der Waals surface area contributed by atoms with Crippen LogP contribution in [0, 0.1) is 0 Å². The third kappa shape index (κ3) is 7.11. The summed E-state index contributed by atoms with van der Waals surface area (Å²) in [6.45, 7) is 7.90. The maximum absolute atomic E-state index is 3.65. The summed E-state index contributed by atoms with van der Waals surface area (Å²) in [6, 6.07) is 0. The molecule has 0 heterocycles. The molecule has 0 atom stereocenters. The zero-order valence-electron chi connectivity index (χ0n) is 7.64. The molecule has 0 fully saturated rings. The van der Waals surface area contributed by atoms with Gasteiger partial charge in [-0.25, -0.2) is 0 Å². The number of hydrogen-bond donors (Lipinski definition) is 0. The molecule has 0 bridgehead atoms. The smallest absolute Gasteiger partial charge is 0.0172 e. The highest BCUT2D eigenvalue weighted by Gasteiger charge is 1.83. The Morgan fingerprint density at radius 3 is 2.64 bits per heavy atom. The van der Waals surface area contributed by atoms with Crippen molar-refractivity contribution >= 4 is 0 Å². The fraction of sp³-hybridized carbons (Fsp3) is 0.455. The van der Waals surface area contributed by atoms with Crippen molar-refractivity contribution in [2.75, 3.05) is 0 Å². The Hall–Kier alpha value is -0.780. The van der Waals surface area contributed by atoms with Gasteiger partial charge in [0.05, 0.1) is 0 Å². The van der Waals surface area contributed by atoms with E-state index in [4.69, 9.17) is 0 Å². The van der Waals surface area contributed by atoms with Gasteiger partial charge in [-0.1, -0.05) is 29.9 Å². The van der Waals surface area contributed by atoms with Crippen molar-refractivity contribution in [3.8, 4) is 0 Å². The molecule has 0 radical (unpaired) electrons. The molecule has 0 saturated heterocycles. The van der Waals surface area contributed by atoms with Gasteiger partial charge in [-0.05, 0) is 33.1 Å². The molecule has 0 unspecified atom stereocenters. The van der Waals surface area contributed by atoms with Crippen LogP contribution >= 0.6 is 0 Å². The molecule has 11 heavy (non-hydrogen) atoms. The van der Waals surface area contributed by atoms with E-state index in [9.17, 15) is 0 Å². The molecular weight excluding hydrogens is 132 g/mol. The van der Waals surface area contributed by atoms with Crippen LogP contribution in [-0.2, 0) is 0 Å². The van der Waals surface area contributed by atoms with Crippen LogP contribution in [0.3, 0.4) is 0 Å². The lowest BCUT2D eigenvalue weighted by Crippen LogP contribution is -1.73. The highest BCUT2D eigenvalue weighted by Crippen LogP contribution is 2.03. The molecule has 0 aromatic rings. The van der Waals surface area contributed by atoms with E-state index in [0.717, 1.165) is 12.8 Å². The minimum Gasteiger partial charge on any atom is -0.103 e. The fourth-order valence-electron chi connectivity index (χ4n) is 0.766. The van der Waals surface area contributed by atoms with Gasteiger partial charge in [-0.2, -0.15) is 0 Å². The Labute approximate surface area is 70.3 Å². The van der Waals surface area contributed by atoms with Gasteiger partial charge in [-0.3, -0.25) is 0 Å². The van der Waals surface area contributed by atoms with Crippen LogP contribution in [-0.4, -0.2) is 0 Å². The van der Waals surface area contributed by atoms with Crippen molar-refractivity contribution in [3.05, 3.63) is 36.5 Å². The highest BCUT2D eigenvalue weighted by atomic mass is 13.9. The van der Waals surface area contributed by atoms with Crippen molar-refractivity contribution in [1.29, 1.82) is 0 Å². The number of rotatable bonds is 5. The normalized spacial score (nSPS) is 12.4. The molecule has 0 aromatic carbocycles. The average Bonchev–Trinajstić information content (AvgIpc) is 2.04. The third-order valence-corrected chi connectivity index (χ3v) is 1.67. The Kier molecular flexibility index (Phi) is 6.81. The molecule has 0 aliphatic heterocycles. The minimum absolute atomic E-state index is 0.995. The van der Waals surface area contributed by atoms with Crippen LogP contribution in [0.4, 0.5) is 0 Å². The minimum atomic E-state index is 0.995. The monoisotopic (exact) mass is 150 g/mol. The quantitative estimate of drug-likeness (QED) is 0.522. The van der Waals surface area contributed by atoms with Crippen LogP contribution in [0.15, 0.2) is 36.5 Å². The molecule has 0 aromatic heterocycles. The second kappa shape index (κ2) is 7.33. The Bertz CT molecular complexity index is 149. The van der Waals surface area contributed by atoms with Crippen LogP contribution in [0.5, 0.6) is 0 Å². The van der Waals surface area contributed by atoms with Crippen LogP contribution in [0.1, 0.15) is 33.1 Å². The number of hydrogen-bond acceptors (Lipinski definition) is 0. The molecule has 0 nitrogen and oxygen atoms in total. The van der Waals surface area contributed by atoms with Gasteiger partial charge in [-0.15, -0.1) is 6.58 Å². The Morgan fingerprint density at radius 2 is 2.09 bits per heavy atom. The Balaban J connectivity index is 3.33. The van der Waals surface area contributed by atoms with Gasteiger partial charge < -0.3 is 0 Å². The molecule has 62 valence electrons. The SMILES string of the molecule is C=CC/C=C/CC/C(C)=C/C. The lowest BCUT2D eigenvalue weighted by atomic mass is 10.1. The second-order valence-corrected chi connectivity index (χ2v) is 2.67. The lowest BCUT2D eigenvalue weighted by Gasteiger charge is -1.93. The lowest BCUT2D eigenvalue weighted by molar-refractivity contribution is 0.970. The molecular formula is C11H18. The molecule has 0 N–H and O–H groups in total. The second-order valence-electron chi connectivity index (χ2n) is 2.67. The van der Waals surface area contributed by atoms with Gasteiger partial charge in [0.25, 0.3) is 0 Å². The molecule has 0 saturated carbocycles. The molecule has 0 spiro atoms. The summed E-state index contributed by atoms with van der Waals surface area (Å²) in [5.41, 5.74) is 1.47. The largest absolute Gasteiger partial charge is 0.103 e. The summed E-state index contributed by atoms with van der Waals surface area (Å²) < 4.78 is 0. The van der Waals surface area contributed by atoms with Crippen LogP contribution < -0.4 is 0 Å².